The number of halogens is 3. The van der Waals surface area contributed by atoms with Crippen LogP contribution in [0, 0.1) is 13.8 Å². The van der Waals surface area contributed by atoms with Crippen LogP contribution in [-0.4, -0.2) is 14.6 Å². The summed E-state index contributed by atoms with van der Waals surface area (Å²) in [6, 6.07) is 10.6. The summed E-state index contributed by atoms with van der Waals surface area (Å²) in [5, 5.41) is 0.712. The Kier molecular flexibility index (Phi) is 3.17. The van der Waals surface area contributed by atoms with E-state index in [-0.39, 0.29) is 5.69 Å². The molecule has 0 radical (unpaired) electrons. The highest BCUT2D eigenvalue weighted by molar-refractivity contribution is 6.21. The monoisotopic (exact) mass is 307 g/mol. The molecular formula is C15H12ClF2N3. The van der Waals surface area contributed by atoms with Crippen LogP contribution in [0.1, 0.15) is 17.0 Å². The zero-order valence-corrected chi connectivity index (χ0v) is 12.2. The van der Waals surface area contributed by atoms with Gasteiger partial charge in [0.1, 0.15) is 5.69 Å². The first-order valence-electron chi connectivity index (χ1n) is 6.36. The fourth-order valence-corrected chi connectivity index (χ4v) is 2.30. The summed E-state index contributed by atoms with van der Waals surface area (Å²) < 4.78 is 28.1. The summed E-state index contributed by atoms with van der Waals surface area (Å²) in [6.07, 6.45) is 0. The summed E-state index contributed by atoms with van der Waals surface area (Å²) in [7, 11) is 0. The summed E-state index contributed by atoms with van der Waals surface area (Å²) >= 11 is 5.16. The molecule has 0 aliphatic heterocycles. The van der Waals surface area contributed by atoms with Crippen LogP contribution in [-0.2, 0) is 5.38 Å². The van der Waals surface area contributed by atoms with Gasteiger partial charge in [-0.25, -0.2) is 9.50 Å². The fraction of sp³-hybridized carbons (Fsp3) is 0.200. The van der Waals surface area contributed by atoms with Gasteiger partial charge in [0.05, 0.1) is 5.69 Å². The van der Waals surface area contributed by atoms with E-state index >= 15 is 0 Å². The SMILES string of the molecule is Cc1ccc(-c2cc3nc(C)cc(C(F)(F)Cl)n3n2)cc1. The van der Waals surface area contributed by atoms with E-state index in [0.29, 0.717) is 17.0 Å². The number of nitrogens with zero attached hydrogens (tertiary/aromatic N) is 3. The molecule has 2 aromatic heterocycles. The van der Waals surface area contributed by atoms with Gasteiger partial charge in [0.25, 0.3) is 0 Å². The molecule has 108 valence electrons. The minimum atomic E-state index is -3.50. The topological polar surface area (TPSA) is 30.2 Å². The summed E-state index contributed by atoms with van der Waals surface area (Å²) in [4.78, 5) is 4.22. The maximum Gasteiger partial charge on any atom is 0.364 e. The van der Waals surface area contributed by atoms with Crippen LogP contribution in [0.15, 0.2) is 36.4 Å². The Morgan fingerprint density at radius 2 is 1.76 bits per heavy atom. The van der Waals surface area contributed by atoms with E-state index < -0.39 is 5.38 Å². The first kappa shape index (κ1) is 13.9. The summed E-state index contributed by atoms with van der Waals surface area (Å²) in [5.74, 6) is 0. The molecule has 0 bridgehead atoms. The molecule has 21 heavy (non-hydrogen) atoms. The van der Waals surface area contributed by atoms with Crippen LogP contribution in [0.5, 0.6) is 0 Å². The smallest absolute Gasteiger partial charge is 0.234 e. The molecule has 0 saturated heterocycles. The Labute approximate surface area is 125 Å². The first-order chi connectivity index (χ1) is 9.84. The minimum absolute atomic E-state index is 0.348. The largest absolute Gasteiger partial charge is 0.364 e. The van der Waals surface area contributed by atoms with E-state index in [2.05, 4.69) is 10.1 Å². The van der Waals surface area contributed by atoms with Crippen LogP contribution in [0.25, 0.3) is 16.9 Å². The Morgan fingerprint density at radius 1 is 1.10 bits per heavy atom. The van der Waals surface area contributed by atoms with Crippen molar-refractivity contribution in [3.8, 4) is 11.3 Å². The zero-order valence-electron chi connectivity index (χ0n) is 11.4. The molecule has 6 heteroatoms. The third kappa shape index (κ3) is 2.61. The lowest BCUT2D eigenvalue weighted by Crippen LogP contribution is -2.12. The van der Waals surface area contributed by atoms with Crippen molar-refractivity contribution in [3.63, 3.8) is 0 Å². The predicted molar refractivity (Wildman–Crippen MR) is 77.6 cm³/mol. The molecule has 2 heterocycles. The Bertz CT molecular complexity index is 804. The number of benzene rings is 1. The second-order valence-electron chi connectivity index (χ2n) is 4.95. The third-order valence-electron chi connectivity index (χ3n) is 3.19. The molecule has 0 spiro atoms. The van der Waals surface area contributed by atoms with Crippen LogP contribution in [0.3, 0.4) is 0 Å². The van der Waals surface area contributed by atoms with Crippen molar-refractivity contribution in [2.45, 2.75) is 19.2 Å². The number of fused-ring (bicyclic) bond motifs is 1. The molecule has 0 atom stereocenters. The second-order valence-corrected chi connectivity index (χ2v) is 5.42. The van der Waals surface area contributed by atoms with Gasteiger partial charge in [0.2, 0.25) is 0 Å². The lowest BCUT2D eigenvalue weighted by Gasteiger charge is -2.10. The van der Waals surface area contributed by atoms with Crippen molar-refractivity contribution in [1.29, 1.82) is 0 Å². The van der Waals surface area contributed by atoms with Gasteiger partial charge in [0, 0.05) is 17.3 Å². The molecule has 0 unspecified atom stereocenters. The van der Waals surface area contributed by atoms with E-state index in [0.717, 1.165) is 15.6 Å². The standard InChI is InChI=1S/C15H12ClF2N3/c1-9-3-5-11(6-4-9)12-8-14-19-10(2)7-13(15(16,17)18)21(14)20-12/h3-8H,1-2H3. The van der Waals surface area contributed by atoms with Gasteiger partial charge in [-0.1, -0.05) is 29.8 Å². The van der Waals surface area contributed by atoms with E-state index in [1.54, 1.807) is 13.0 Å². The molecular weight excluding hydrogens is 296 g/mol. The predicted octanol–water partition coefficient (Wildman–Crippen LogP) is 4.30. The van der Waals surface area contributed by atoms with Crippen molar-refractivity contribution >= 4 is 17.2 Å². The van der Waals surface area contributed by atoms with E-state index in [1.807, 2.05) is 31.2 Å². The number of hydrogen-bond acceptors (Lipinski definition) is 2. The van der Waals surface area contributed by atoms with E-state index in [1.165, 1.54) is 6.07 Å². The van der Waals surface area contributed by atoms with Crippen LogP contribution < -0.4 is 0 Å². The maximum absolute atomic E-state index is 13.5. The highest BCUT2D eigenvalue weighted by Crippen LogP contribution is 2.33. The Hall–Kier alpha value is -2.01. The van der Waals surface area contributed by atoms with Crippen molar-refractivity contribution in [3.05, 3.63) is 53.3 Å². The molecule has 0 amide bonds. The molecule has 0 saturated carbocycles. The molecule has 3 rings (SSSR count). The number of aromatic nitrogens is 3. The molecule has 0 N–H and O–H groups in total. The summed E-state index contributed by atoms with van der Waals surface area (Å²) in [5.41, 5.74) is 2.96. The van der Waals surface area contributed by atoms with Gasteiger partial charge < -0.3 is 0 Å². The second kappa shape index (κ2) is 4.77. The molecule has 0 aliphatic carbocycles. The normalized spacial score (nSPS) is 12.0. The van der Waals surface area contributed by atoms with Crippen molar-refractivity contribution in [2.24, 2.45) is 0 Å². The van der Waals surface area contributed by atoms with Crippen molar-refractivity contribution in [2.75, 3.05) is 0 Å². The van der Waals surface area contributed by atoms with Crippen LogP contribution >= 0.6 is 11.6 Å². The van der Waals surface area contributed by atoms with Gasteiger partial charge in [-0.2, -0.15) is 13.9 Å². The maximum atomic E-state index is 13.5. The minimum Gasteiger partial charge on any atom is -0.234 e. The van der Waals surface area contributed by atoms with Gasteiger partial charge in [-0.05, 0) is 31.5 Å². The molecule has 3 aromatic rings. The van der Waals surface area contributed by atoms with Gasteiger partial charge >= 0.3 is 5.38 Å². The fourth-order valence-electron chi connectivity index (χ4n) is 2.17. The number of rotatable bonds is 2. The van der Waals surface area contributed by atoms with Gasteiger partial charge in [-0.15, -0.1) is 0 Å². The van der Waals surface area contributed by atoms with E-state index in [4.69, 9.17) is 11.6 Å². The molecule has 1 aromatic carbocycles. The van der Waals surface area contributed by atoms with Crippen LogP contribution in [0.2, 0.25) is 0 Å². The highest BCUT2D eigenvalue weighted by atomic mass is 35.5. The average Bonchev–Trinajstić information content (AvgIpc) is 2.80. The number of hydrogen-bond donors (Lipinski definition) is 0. The number of aryl methyl sites for hydroxylation is 2. The van der Waals surface area contributed by atoms with Gasteiger partial charge in [-0.3, -0.25) is 0 Å². The lowest BCUT2D eigenvalue weighted by atomic mass is 10.1. The van der Waals surface area contributed by atoms with Crippen molar-refractivity contribution in [1.82, 2.24) is 14.6 Å². The number of alkyl halides is 3. The Morgan fingerprint density at radius 3 is 2.38 bits per heavy atom. The highest BCUT2D eigenvalue weighted by Gasteiger charge is 2.32. The average molecular weight is 308 g/mol. The molecule has 0 fully saturated rings. The third-order valence-corrected chi connectivity index (χ3v) is 3.39. The molecule has 0 aliphatic rings. The van der Waals surface area contributed by atoms with Gasteiger partial charge in [0.15, 0.2) is 5.65 Å². The quantitative estimate of drug-likeness (QED) is 0.661. The Balaban J connectivity index is 2.22. The van der Waals surface area contributed by atoms with Crippen LogP contribution in [0.4, 0.5) is 8.78 Å². The molecule has 3 nitrogen and oxygen atoms in total. The van der Waals surface area contributed by atoms with Crippen molar-refractivity contribution < 1.29 is 8.78 Å². The van der Waals surface area contributed by atoms with E-state index in [9.17, 15) is 8.78 Å². The zero-order chi connectivity index (χ0) is 15.2. The first-order valence-corrected chi connectivity index (χ1v) is 6.74. The lowest BCUT2D eigenvalue weighted by molar-refractivity contribution is 0.0871. The summed E-state index contributed by atoms with van der Waals surface area (Å²) in [6.45, 7) is 3.62.